The van der Waals surface area contributed by atoms with Crippen LogP contribution in [-0.2, 0) is 6.42 Å². The van der Waals surface area contributed by atoms with Crippen molar-refractivity contribution >= 4 is 5.91 Å². The third-order valence-electron chi connectivity index (χ3n) is 6.09. The number of methoxy groups -OCH3 is 1. The third kappa shape index (κ3) is 4.94. The fraction of sp³-hybridized carbons (Fsp3) is 0.375. The molecule has 1 amide bonds. The Labute approximate surface area is 183 Å². The van der Waals surface area contributed by atoms with Crippen LogP contribution in [0.4, 0.5) is 0 Å². The van der Waals surface area contributed by atoms with Crippen LogP contribution in [0.2, 0.25) is 0 Å². The zero-order chi connectivity index (χ0) is 21.6. The number of amides is 1. The van der Waals surface area contributed by atoms with Gasteiger partial charge in [0.05, 0.1) is 12.7 Å². The number of likely N-dealkylation sites (N-methyl/N-ethyl adjacent to an activating group) is 1. The molecule has 1 aliphatic rings. The van der Waals surface area contributed by atoms with Crippen molar-refractivity contribution in [1.82, 2.24) is 25.0 Å². The molecule has 0 spiro atoms. The Bertz CT molecular complexity index is 982. The van der Waals surface area contributed by atoms with Gasteiger partial charge in [0.15, 0.2) is 5.82 Å². The Kier molecular flexibility index (Phi) is 6.62. The van der Waals surface area contributed by atoms with Gasteiger partial charge in [0.25, 0.3) is 5.91 Å². The van der Waals surface area contributed by atoms with Crippen molar-refractivity contribution in [2.45, 2.75) is 25.3 Å². The van der Waals surface area contributed by atoms with Gasteiger partial charge in [-0.15, -0.1) is 0 Å². The van der Waals surface area contributed by atoms with Crippen LogP contribution in [0.1, 0.15) is 28.8 Å². The minimum atomic E-state index is 0.0489. The number of carbonyl (C=O) groups excluding carboxylic acids is 1. The van der Waals surface area contributed by atoms with Crippen molar-refractivity contribution in [1.29, 1.82) is 0 Å². The molecule has 0 saturated carbocycles. The third-order valence-corrected chi connectivity index (χ3v) is 6.09. The first-order valence-electron chi connectivity index (χ1n) is 10.7. The molecule has 0 bridgehead atoms. The number of piperidine rings is 1. The molecule has 7 nitrogen and oxygen atoms in total. The number of nitrogens with zero attached hydrogens (tertiary/aromatic N) is 4. The zero-order valence-electron chi connectivity index (χ0n) is 18.1. The van der Waals surface area contributed by atoms with Crippen molar-refractivity contribution in [3.05, 3.63) is 66.0 Å². The van der Waals surface area contributed by atoms with E-state index < -0.39 is 0 Å². The van der Waals surface area contributed by atoms with Gasteiger partial charge in [-0.25, -0.2) is 4.98 Å². The number of carbonyl (C=O) groups is 1. The standard InChI is InChI=1S/C24H29N5O2/c1-28(13-10-18-6-4-3-5-7-18)20-11-14-29(15-12-20)24(30)19-8-9-21(22(16-19)31-2)23-25-17-26-27-23/h3-9,16-17,20H,10-15H2,1-2H3,(H,25,26,27). The van der Waals surface area contributed by atoms with E-state index in [4.69, 9.17) is 4.74 Å². The first kappa shape index (κ1) is 21.1. The van der Waals surface area contributed by atoms with Crippen LogP contribution in [-0.4, -0.2) is 70.7 Å². The smallest absolute Gasteiger partial charge is 0.253 e. The number of hydrogen-bond acceptors (Lipinski definition) is 5. The van der Waals surface area contributed by atoms with E-state index in [0.29, 0.717) is 23.2 Å². The predicted molar refractivity (Wildman–Crippen MR) is 120 cm³/mol. The van der Waals surface area contributed by atoms with Crippen molar-refractivity contribution in [3.63, 3.8) is 0 Å². The number of likely N-dealkylation sites (tertiary alicyclic amines) is 1. The number of H-pyrrole nitrogens is 1. The molecule has 7 heteroatoms. The quantitative estimate of drug-likeness (QED) is 0.636. The molecule has 4 rings (SSSR count). The summed E-state index contributed by atoms with van der Waals surface area (Å²) >= 11 is 0. The molecule has 1 aromatic heterocycles. The van der Waals surface area contributed by atoms with Crippen LogP contribution in [0.5, 0.6) is 5.75 Å². The van der Waals surface area contributed by atoms with Crippen molar-refractivity contribution in [3.8, 4) is 17.1 Å². The molecule has 0 unspecified atom stereocenters. The molecule has 3 aromatic rings. The van der Waals surface area contributed by atoms with Gasteiger partial charge in [-0.3, -0.25) is 9.89 Å². The molecule has 0 radical (unpaired) electrons. The number of ether oxygens (including phenoxy) is 1. The van der Waals surface area contributed by atoms with Crippen molar-refractivity contribution < 1.29 is 9.53 Å². The second kappa shape index (κ2) is 9.75. The molecule has 0 aliphatic carbocycles. The monoisotopic (exact) mass is 419 g/mol. The van der Waals surface area contributed by atoms with Crippen LogP contribution in [0.25, 0.3) is 11.4 Å². The molecule has 1 aliphatic heterocycles. The lowest BCUT2D eigenvalue weighted by Gasteiger charge is -2.37. The number of aromatic nitrogens is 3. The van der Waals surface area contributed by atoms with Gasteiger partial charge in [-0.05, 0) is 50.1 Å². The lowest BCUT2D eigenvalue weighted by atomic mass is 10.0. The van der Waals surface area contributed by atoms with Crippen LogP contribution < -0.4 is 4.74 Å². The highest BCUT2D eigenvalue weighted by Crippen LogP contribution is 2.29. The Morgan fingerprint density at radius 2 is 1.97 bits per heavy atom. The van der Waals surface area contributed by atoms with E-state index in [2.05, 4.69) is 57.5 Å². The Balaban J connectivity index is 1.34. The van der Waals surface area contributed by atoms with Gasteiger partial charge < -0.3 is 14.5 Å². The summed E-state index contributed by atoms with van der Waals surface area (Å²) in [7, 11) is 3.79. The molecule has 1 fully saturated rings. The fourth-order valence-electron chi connectivity index (χ4n) is 4.18. The minimum absolute atomic E-state index is 0.0489. The van der Waals surface area contributed by atoms with E-state index in [9.17, 15) is 4.79 Å². The molecule has 162 valence electrons. The number of hydrogen-bond donors (Lipinski definition) is 1. The summed E-state index contributed by atoms with van der Waals surface area (Å²) in [6.45, 7) is 2.57. The summed E-state index contributed by atoms with van der Waals surface area (Å²) in [4.78, 5) is 21.6. The van der Waals surface area contributed by atoms with Gasteiger partial charge >= 0.3 is 0 Å². The van der Waals surface area contributed by atoms with E-state index in [-0.39, 0.29) is 5.91 Å². The van der Waals surface area contributed by atoms with Crippen LogP contribution in [0, 0.1) is 0 Å². The fourth-order valence-corrected chi connectivity index (χ4v) is 4.18. The summed E-state index contributed by atoms with van der Waals surface area (Å²) in [5.41, 5.74) is 2.79. The Hall–Kier alpha value is -3.19. The average molecular weight is 420 g/mol. The van der Waals surface area contributed by atoms with E-state index in [1.807, 2.05) is 17.0 Å². The highest BCUT2D eigenvalue weighted by Gasteiger charge is 2.26. The summed E-state index contributed by atoms with van der Waals surface area (Å²) in [6, 6.07) is 16.6. The van der Waals surface area contributed by atoms with Crippen LogP contribution >= 0.6 is 0 Å². The largest absolute Gasteiger partial charge is 0.496 e. The molecule has 2 aromatic carbocycles. The second-order valence-corrected chi connectivity index (χ2v) is 7.99. The van der Waals surface area contributed by atoms with Gasteiger partial charge in [-0.1, -0.05) is 30.3 Å². The first-order chi connectivity index (χ1) is 15.2. The van der Waals surface area contributed by atoms with Gasteiger partial charge in [0, 0.05) is 31.2 Å². The van der Waals surface area contributed by atoms with Gasteiger partial charge in [0.2, 0.25) is 0 Å². The normalized spacial score (nSPS) is 14.7. The maximum absolute atomic E-state index is 13.1. The summed E-state index contributed by atoms with van der Waals surface area (Å²) < 4.78 is 5.49. The highest BCUT2D eigenvalue weighted by molar-refractivity contribution is 5.95. The Morgan fingerprint density at radius 3 is 2.65 bits per heavy atom. The lowest BCUT2D eigenvalue weighted by Crippen LogP contribution is -2.46. The van der Waals surface area contributed by atoms with E-state index in [0.717, 1.165) is 44.5 Å². The average Bonchev–Trinajstić information content (AvgIpc) is 3.37. The minimum Gasteiger partial charge on any atom is -0.496 e. The van der Waals surface area contributed by atoms with E-state index in [1.54, 1.807) is 13.2 Å². The van der Waals surface area contributed by atoms with E-state index in [1.165, 1.54) is 11.9 Å². The molecule has 1 N–H and O–H groups in total. The molecule has 0 atom stereocenters. The number of aromatic amines is 1. The van der Waals surface area contributed by atoms with Crippen molar-refractivity contribution in [2.75, 3.05) is 33.8 Å². The Morgan fingerprint density at radius 1 is 1.19 bits per heavy atom. The van der Waals surface area contributed by atoms with Crippen LogP contribution in [0.3, 0.4) is 0 Å². The van der Waals surface area contributed by atoms with E-state index >= 15 is 0 Å². The van der Waals surface area contributed by atoms with Crippen molar-refractivity contribution in [2.24, 2.45) is 0 Å². The highest BCUT2D eigenvalue weighted by atomic mass is 16.5. The topological polar surface area (TPSA) is 74.3 Å². The van der Waals surface area contributed by atoms with Crippen LogP contribution in [0.15, 0.2) is 54.9 Å². The molecule has 1 saturated heterocycles. The molecular weight excluding hydrogens is 390 g/mol. The van der Waals surface area contributed by atoms with Gasteiger partial charge in [0.1, 0.15) is 12.1 Å². The summed E-state index contributed by atoms with van der Waals surface area (Å²) in [5.74, 6) is 1.28. The lowest BCUT2D eigenvalue weighted by molar-refractivity contribution is 0.0646. The van der Waals surface area contributed by atoms with Gasteiger partial charge in [-0.2, -0.15) is 5.10 Å². The summed E-state index contributed by atoms with van der Waals surface area (Å²) in [6.07, 6.45) is 4.48. The maximum atomic E-state index is 13.1. The maximum Gasteiger partial charge on any atom is 0.253 e. The predicted octanol–water partition coefficient (Wildman–Crippen LogP) is 3.26. The second-order valence-electron chi connectivity index (χ2n) is 7.99. The SMILES string of the molecule is COc1cc(C(=O)N2CCC(N(C)CCc3ccccc3)CC2)ccc1-c1ncn[nH]1. The first-order valence-corrected chi connectivity index (χ1v) is 10.7. The zero-order valence-corrected chi connectivity index (χ0v) is 18.1. The number of nitrogens with one attached hydrogen (secondary N) is 1. The molecule has 31 heavy (non-hydrogen) atoms. The number of rotatable bonds is 7. The summed E-state index contributed by atoms with van der Waals surface area (Å²) in [5, 5.41) is 6.72. The molecular formula is C24H29N5O2. The number of benzene rings is 2. The molecule has 2 heterocycles.